The van der Waals surface area contributed by atoms with Gasteiger partial charge >= 0.3 is 0 Å². The molecule has 0 radical (unpaired) electrons. The van der Waals surface area contributed by atoms with E-state index in [4.69, 9.17) is 4.74 Å². The van der Waals surface area contributed by atoms with Crippen LogP contribution in [0.1, 0.15) is 26.3 Å². The van der Waals surface area contributed by atoms with Crippen LogP contribution in [0, 0.1) is 5.41 Å². The smallest absolute Gasteiger partial charge is 0.124 e. The topological polar surface area (TPSA) is 61.7 Å². The summed E-state index contributed by atoms with van der Waals surface area (Å²) in [7, 11) is 0. The first-order valence-electron chi connectivity index (χ1n) is 6.23. The van der Waals surface area contributed by atoms with Crippen molar-refractivity contribution in [3.8, 4) is 5.75 Å². The van der Waals surface area contributed by atoms with E-state index in [9.17, 15) is 10.2 Å². The van der Waals surface area contributed by atoms with E-state index in [0.717, 1.165) is 11.3 Å². The fraction of sp³-hybridized carbons (Fsp3) is 0.571. The number of nitrogens with one attached hydrogen (secondary N) is 1. The molecule has 0 saturated carbocycles. The summed E-state index contributed by atoms with van der Waals surface area (Å²) >= 11 is 0. The van der Waals surface area contributed by atoms with Gasteiger partial charge in [0.2, 0.25) is 0 Å². The fourth-order valence-electron chi connectivity index (χ4n) is 1.51. The summed E-state index contributed by atoms with van der Waals surface area (Å²) in [5.41, 5.74) is 1.52. The number of ether oxygens (including phenoxy) is 1. The second-order valence-electron chi connectivity index (χ2n) is 5.09. The predicted molar refractivity (Wildman–Crippen MR) is 72.9 cm³/mol. The van der Waals surface area contributed by atoms with Crippen molar-refractivity contribution in [3.05, 3.63) is 23.8 Å². The van der Waals surface area contributed by atoms with Crippen LogP contribution in [-0.2, 0) is 6.61 Å². The van der Waals surface area contributed by atoms with Crippen molar-refractivity contribution in [2.45, 2.75) is 27.4 Å². The first kappa shape index (κ1) is 14.8. The van der Waals surface area contributed by atoms with E-state index in [1.165, 1.54) is 0 Å². The number of aliphatic hydroxyl groups is 2. The minimum Gasteiger partial charge on any atom is -0.494 e. The van der Waals surface area contributed by atoms with Gasteiger partial charge in [0.1, 0.15) is 5.75 Å². The third kappa shape index (κ3) is 4.20. The minimum atomic E-state index is -0.169. The SMILES string of the molecule is CCOc1ccc(NCC(C)(C)CO)cc1CO. The lowest BCUT2D eigenvalue weighted by molar-refractivity contribution is 0.171. The lowest BCUT2D eigenvalue weighted by Crippen LogP contribution is -2.26. The molecular formula is C14H23NO3. The molecule has 0 bridgehead atoms. The molecule has 1 aromatic carbocycles. The van der Waals surface area contributed by atoms with Crippen molar-refractivity contribution < 1.29 is 14.9 Å². The van der Waals surface area contributed by atoms with Crippen molar-refractivity contribution in [3.63, 3.8) is 0 Å². The van der Waals surface area contributed by atoms with Gasteiger partial charge in [-0.15, -0.1) is 0 Å². The number of anilines is 1. The van der Waals surface area contributed by atoms with E-state index in [1.807, 2.05) is 39.0 Å². The number of aliphatic hydroxyl groups excluding tert-OH is 2. The summed E-state index contributed by atoms with van der Waals surface area (Å²) in [6.45, 7) is 7.22. The van der Waals surface area contributed by atoms with Crippen molar-refractivity contribution >= 4 is 5.69 Å². The number of hydrogen-bond acceptors (Lipinski definition) is 4. The van der Waals surface area contributed by atoms with Gasteiger partial charge in [0.15, 0.2) is 0 Å². The van der Waals surface area contributed by atoms with Crippen LogP contribution < -0.4 is 10.1 Å². The van der Waals surface area contributed by atoms with Gasteiger partial charge in [0.25, 0.3) is 0 Å². The molecule has 1 aromatic rings. The lowest BCUT2D eigenvalue weighted by Gasteiger charge is -2.23. The van der Waals surface area contributed by atoms with Crippen LogP contribution in [0.2, 0.25) is 0 Å². The maximum absolute atomic E-state index is 9.30. The third-order valence-corrected chi connectivity index (χ3v) is 2.73. The molecule has 0 amide bonds. The highest BCUT2D eigenvalue weighted by Gasteiger charge is 2.16. The van der Waals surface area contributed by atoms with Crippen molar-refractivity contribution in [2.75, 3.05) is 25.1 Å². The van der Waals surface area contributed by atoms with E-state index in [1.54, 1.807) is 0 Å². The normalized spacial score (nSPS) is 11.4. The van der Waals surface area contributed by atoms with Crippen LogP contribution in [0.15, 0.2) is 18.2 Å². The highest BCUT2D eigenvalue weighted by molar-refractivity contribution is 5.51. The monoisotopic (exact) mass is 253 g/mol. The van der Waals surface area contributed by atoms with Gasteiger partial charge in [0, 0.05) is 29.8 Å². The zero-order valence-corrected chi connectivity index (χ0v) is 11.4. The Balaban J connectivity index is 2.73. The molecule has 18 heavy (non-hydrogen) atoms. The van der Waals surface area contributed by atoms with Crippen molar-refractivity contribution in [2.24, 2.45) is 5.41 Å². The van der Waals surface area contributed by atoms with E-state index in [0.29, 0.717) is 18.9 Å². The molecule has 0 fully saturated rings. The zero-order valence-electron chi connectivity index (χ0n) is 11.4. The van der Waals surface area contributed by atoms with Crippen molar-refractivity contribution in [1.82, 2.24) is 0 Å². The average Bonchev–Trinajstić information content (AvgIpc) is 2.38. The van der Waals surface area contributed by atoms with Gasteiger partial charge in [-0.1, -0.05) is 13.8 Å². The fourth-order valence-corrected chi connectivity index (χ4v) is 1.51. The molecule has 4 nitrogen and oxygen atoms in total. The van der Waals surface area contributed by atoms with E-state index in [2.05, 4.69) is 5.32 Å². The van der Waals surface area contributed by atoms with Crippen LogP contribution in [0.4, 0.5) is 5.69 Å². The molecule has 0 atom stereocenters. The molecule has 0 aromatic heterocycles. The maximum atomic E-state index is 9.30. The largest absolute Gasteiger partial charge is 0.494 e. The van der Waals surface area contributed by atoms with Crippen LogP contribution in [0.25, 0.3) is 0 Å². The third-order valence-electron chi connectivity index (χ3n) is 2.73. The highest BCUT2D eigenvalue weighted by atomic mass is 16.5. The molecule has 0 unspecified atom stereocenters. The Bertz CT molecular complexity index is 377. The Morgan fingerprint density at radius 3 is 2.56 bits per heavy atom. The maximum Gasteiger partial charge on any atom is 0.124 e. The van der Waals surface area contributed by atoms with Gasteiger partial charge in [-0.05, 0) is 25.1 Å². The number of hydrogen-bond donors (Lipinski definition) is 3. The lowest BCUT2D eigenvalue weighted by atomic mass is 9.95. The molecule has 0 spiro atoms. The summed E-state index contributed by atoms with van der Waals surface area (Å²) in [4.78, 5) is 0. The molecular weight excluding hydrogens is 230 g/mol. The van der Waals surface area contributed by atoms with Gasteiger partial charge in [0.05, 0.1) is 13.2 Å². The molecule has 0 saturated heterocycles. The molecule has 4 heteroatoms. The molecule has 0 aliphatic rings. The number of benzene rings is 1. The molecule has 3 N–H and O–H groups in total. The van der Waals surface area contributed by atoms with Crippen LogP contribution in [0.3, 0.4) is 0 Å². The highest BCUT2D eigenvalue weighted by Crippen LogP contribution is 2.24. The molecule has 0 heterocycles. The predicted octanol–water partition coefficient (Wildman–Crippen LogP) is 2.01. The van der Waals surface area contributed by atoms with Gasteiger partial charge in [-0.25, -0.2) is 0 Å². The van der Waals surface area contributed by atoms with Gasteiger partial charge < -0.3 is 20.3 Å². The second-order valence-corrected chi connectivity index (χ2v) is 5.09. The number of rotatable bonds is 7. The second kappa shape index (κ2) is 6.61. The van der Waals surface area contributed by atoms with Crippen LogP contribution in [-0.4, -0.2) is 30.0 Å². The average molecular weight is 253 g/mol. The summed E-state index contributed by atoms with van der Waals surface area (Å²) < 4.78 is 5.42. The quantitative estimate of drug-likeness (QED) is 0.695. The summed E-state index contributed by atoms with van der Waals surface area (Å²) in [6.07, 6.45) is 0. The van der Waals surface area contributed by atoms with Crippen molar-refractivity contribution in [1.29, 1.82) is 0 Å². The minimum absolute atomic E-state index is 0.0474. The molecule has 0 aliphatic carbocycles. The Kier molecular flexibility index (Phi) is 5.44. The first-order chi connectivity index (χ1) is 8.52. The Morgan fingerprint density at radius 2 is 2.00 bits per heavy atom. The van der Waals surface area contributed by atoms with Gasteiger partial charge in [-0.2, -0.15) is 0 Å². The molecule has 102 valence electrons. The zero-order chi connectivity index (χ0) is 13.6. The van der Waals surface area contributed by atoms with Crippen LogP contribution >= 0.6 is 0 Å². The summed E-state index contributed by atoms with van der Waals surface area (Å²) in [6, 6.07) is 5.64. The Hall–Kier alpha value is -1.26. The summed E-state index contributed by atoms with van der Waals surface area (Å²) in [5.74, 6) is 0.715. The Labute approximate surface area is 109 Å². The standard InChI is InChI=1S/C14H23NO3/c1-4-18-13-6-5-12(7-11(13)8-16)15-9-14(2,3)10-17/h5-7,15-17H,4,8-10H2,1-3H3. The van der Waals surface area contributed by atoms with E-state index in [-0.39, 0.29) is 18.6 Å². The molecule has 0 aliphatic heterocycles. The molecule has 1 rings (SSSR count). The van der Waals surface area contributed by atoms with Crippen LogP contribution in [0.5, 0.6) is 5.75 Å². The first-order valence-corrected chi connectivity index (χ1v) is 6.23. The Morgan fingerprint density at radius 1 is 1.28 bits per heavy atom. The van der Waals surface area contributed by atoms with Gasteiger partial charge in [-0.3, -0.25) is 0 Å². The van der Waals surface area contributed by atoms with E-state index < -0.39 is 0 Å². The summed E-state index contributed by atoms with van der Waals surface area (Å²) in [5, 5.41) is 21.7. The van der Waals surface area contributed by atoms with E-state index >= 15 is 0 Å².